The number of rotatable bonds is 6. The third-order valence-electron chi connectivity index (χ3n) is 3.41. The van der Waals surface area contributed by atoms with Gasteiger partial charge in [0.1, 0.15) is 5.69 Å². The average Bonchev–Trinajstić information content (AvgIpc) is 2.62. The molecular formula is C17H15ClN2O5S. The summed E-state index contributed by atoms with van der Waals surface area (Å²) in [6.45, 7) is 1.37. The number of halogens is 1. The lowest BCUT2D eigenvalue weighted by atomic mass is 10.2. The van der Waals surface area contributed by atoms with E-state index in [1.165, 1.54) is 36.9 Å². The van der Waals surface area contributed by atoms with Crippen molar-refractivity contribution in [2.75, 3.05) is 11.6 Å². The lowest BCUT2D eigenvalue weighted by Gasteiger charge is -2.14. The molecule has 0 unspecified atom stereocenters. The number of anilines is 1. The van der Waals surface area contributed by atoms with E-state index < -0.39 is 22.9 Å². The Morgan fingerprint density at radius 2 is 1.96 bits per heavy atom. The molecule has 0 aromatic heterocycles. The molecule has 0 aliphatic carbocycles. The van der Waals surface area contributed by atoms with Gasteiger partial charge in [0.15, 0.2) is 6.10 Å². The van der Waals surface area contributed by atoms with Crippen molar-refractivity contribution in [2.24, 2.45) is 0 Å². The van der Waals surface area contributed by atoms with Crippen LogP contribution < -0.4 is 5.32 Å². The minimum Gasteiger partial charge on any atom is -0.449 e. The SMILES string of the molecule is CSc1ccc(Cl)c(C(=O)O[C@H](C)C(=O)Nc2ccccc2[N+](=O)[O-])c1. The molecule has 1 N–H and O–H groups in total. The van der Waals surface area contributed by atoms with Crippen LogP contribution in [0.25, 0.3) is 0 Å². The normalized spacial score (nSPS) is 11.5. The molecule has 7 nitrogen and oxygen atoms in total. The van der Waals surface area contributed by atoms with Gasteiger partial charge in [-0.1, -0.05) is 23.7 Å². The minimum absolute atomic E-state index is 0.0211. The fraction of sp³-hybridized carbons (Fsp3) is 0.176. The van der Waals surface area contributed by atoms with E-state index in [0.717, 1.165) is 4.90 Å². The summed E-state index contributed by atoms with van der Waals surface area (Å²) >= 11 is 7.44. The number of nitro benzene ring substituents is 1. The first-order chi connectivity index (χ1) is 12.3. The van der Waals surface area contributed by atoms with Crippen LogP contribution >= 0.6 is 23.4 Å². The molecule has 0 aliphatic heterocycles. The Balaban J connectivity index is 2.10. The number of nitrogens with zero attached hydrogens (tertiary/aromatic N) is 1. The van der Waals surface area contributed by atoms with Crippen LogP contribution in [0, 0.1) is 10.1 Å². The van der Waals surface area contributed by atoms with Crippen LogP contribution in [-0.2, 0) is 9.53 Å². The average molecular weight is 395 g/mol. The van der Waals surface area contributed by atoms with E-state index in [9.17, 15) is 19.7 Å². The Kier molecular flexibility index (Phi) is 6.59. The highest BCUT2D eigenvalue weighted by molar-refractivity contribution is 7.98. The molecule has 26 heavy (non-hydrogen) atoms. The fourth-order valence-electron chi connectivity index (χ4n) is 2.04. The number of para-hydroxylation sites is 2. The van der Waals surface area contributed by atoms with Crippen LogP contribution in [0.15, 0.2) is 47.4 Å². The van der Waals surface area contributed by atoms with E-state index in [2.05, 4.69) is 5.32 Å². The van der Waals surface area contributed by atoms with Crippen LogP contribution in [0.2, 0.25) is 5.02 Å². The second-order valence-electron chi connectivity index (χ2n) is 5.16. The molecule has 0 spiro atoms. The molecule has 0 bridgehead atoms. The van der Waals surface area contributed by atoms with Gasteiger partial charge < -0.3 is 10.1 Å². The Morgan fingerprint density at radius 1 is 1.27 bits per heavy atom. The van der Waals surface area contributed by atoms with Crippen LogP contribution in [0.1, 0.15) is 17.3 Å². The zero-order chi connectivity index (χ0) is 19.3. The van der Waals surface area contributed by atoms with Crippen LogP contribution in [0.4, 0.5) is 11.4 Å². The van der Waals surface area contributed by atoms with Crippen molar-refractivity contribution in [1.82, 2.24) is 0 Å². The van der Waals surface area contributed by atoms with Gasteiger partial charge in [-0.25, -0.2) is 4.79 Å². The zero-order valence-corrected chi connectivity index (χ0v) is 15.5. The third kappa shape index (κ3) is 4.74. The van der Waals surface area contributed by atoms with Crippen LogP contribution in [0.3, 0.4) is 0 Å². The molecule has 1 atom stereocenters. The van der Waals surface area contributed by atoms with Crippen molar-refractivity contribution in [3.8, 4) is 0 Å². The summed E-state index contributed by atoms with van der Waals surface area (Å²) in [6.07, 6.45) is 0.678. The van der Waals surface area contributed by atoms with Crippen molar-refractivity contribution < 1.29 is 19.2 Å². The Labute approximate surface area is 158 Å². The molecule has 0 radical (unpaired) electrons. The summed E-state index contributed by atoms with van der Waals surface area (Å²) in [5.74, 6) is -1.44. The minimum atomic E-state index is -1.17. The highest BCUT2D eigenvalue weighted by Crippen LogP contribution is 2.25. The first-order valence-corrected chi connectivity index (χ1v) is 9.02. The Morgan fingerprint density at radius 3 is 2.62 bits per heavy atom. The second-order valence-corrected chi connectivity index (χ2v) is 6.44. The van der Waals surface area contributed by atoms with Gasteiger partial charge in [0.05, 0.1) is 15.5 Å². The van der Waals surface area contributed by atoms with E-state index in [0.29, 0.717) is 0 Å². The molecule has 0 saturated carbocycles. The molecule has 0 aliphatic rings. The maximum atomic E-state index is 12.3. The number of hydrogen-bond donors (Lipinski definition) is 1. The highest BCUT2D eigenvalue weighted by Gasteiger charge is 2.23. The number of nitrogens with one attached hydrogen (secondary N) is 1. The molecule has 1 amide bonds. The van der Waals surface area contributed by atoms with Crippen LogP contribution in [-0.4, -0.2) is 29.2 Å². The molecule has 2 aromatic rings. The van der Waals surface area contributed by atoms with E-state index in [1.807, 2.05) is 6.26 Å². The molecule has 2 aromatic carbocycles. The molecule has 136 valence electrons. The van der Waals surface area contributed by atoms with Gasteiger partial charge >= 0.3 is 5.97 Å². The van der Waals surface area contributed by atoms with Gasteiger partial charge in [-0.2, -0.15) is 0 Å². The molecule has 0 saturated heterocycles. The maximum absolute atomic E-state index is 12.3. The number of carbonyl (C=O) groups is 2. The van der Waals surface area contributed by atoms with Gasteiger partial charge in [0, 0.05) is 11.0 Å². The quantitative estimate of drug-likeness (QED) is 0.342. The highest BCUT2D eigenvalue weighted by atomic mass is 35.5. The number of benzene rings is 2. The fourth-order valence-corrected chi connectivity index (χ4v) is 2.67. The predicted octanol–water partition coefficient (Wildman–Crippen LogP) is 4.15. The number of ether oxygens (including phenoxy) is 1. The number of hydrogen-bond acceptors (Lipinski definition) is 6. The van der Waals surface area contributed by atoms with Crippen molar-refractivity contribution >= 4 is 46.6 Å². The van der Waals surface area contributed by atoms with Crippen molar-refractivity contribution in [3.63, 3.8) is 0 Å². The number of esters is 1. The van der Waals surface area contributed by atoms with Gasteiger partial charge in [-0.15, -0.1) is 11.8 Å². The van der Waals surface area contributed by atoms with Gasteiger partial charge in [-0.3, -0.25) is 14.9 Å². The molecular weight excluding hydrogens is 380 g/mol. The van der Waals surface area contributed by atoms with Crippen molar-refractivity contribution in [2.45, 2.75) is 17.9 Å². The van der Waals surface area contributed by atoms with Crippen LogP contribution in [0.5, 0.6) is 0 Å². The van der Waals surface area contributed by atoms with E-state index in [-0.39, 0.29) is 22.0 Å². The summed E-state index contributed by atoms with van der Waals surface area (Å²) in [5.41, 5.74) is -0.0910. The summed E-state index contributed by atoms with van der Waals surface area (Å²) in [5, 5.41) is 13.6. The maximum Gasteiger partial charge on any atom is 0.340 e. The molecule has 0 heterocycles. The summed E-state index contributed by atoms with van der Waals surface area (Å²) in [4.78, 5) is 35.7. The third-order valence-corrected chi connectivity index (χ3v) is 4.46. The largest absolute Gasteiger partial charge is 0.449 e. The Bertz CT molecular complexity index is 859. The lowest BCUT2D eigenvalue weighted by molar-refractivity contribution is -0.383. The Hall–Kier alpha value is -2.58. The number of carbonyl (C=O) groups excluding carboxylic acids is 2. The van der Waals surface area contributed by atoms with Gasteiger partial charge in [0.25, 0.3) is 11.6 Å². The van der Waals surface area contributed by atoms with Gasteiger partial charge in [-0.05, 0) is 37.4 Å². The number of thioether (sulfide) groups is 1. The monoisotopic (exact) mass is 394 g/mol. The van der Waals surface area contributed by atoms with Crippen molar-refractivity contribution in [1.29, 1.82) is 0 Å². The smallest absolute Gasteiger partial charge is 0.340 e. The first kappa shape index (κ1) is 19.7. The molecule has 2 rings (SSSR count). The second kappa shape index (κ2) is 8.68. The summed E-state index contributed by atoms with van der Waals surface area (Å²) in [6, 6.07) is 10.6. The molecule has 0 fully saturated rings. The zero-order valence-electron chi connectivity index (χ0n) is 13.9. The summed E-state index contributed by atoms with van der Waals surface area (Å²) < 4.78 is 5.14. The predicted molar refractivity (Wildman–Crippen MR) is 99.8 cm³/mol. The summed E-state index contributed by atoms with van der Waals surface area (Å²) in [7, 11) is 0. The first-order valence-electron chi connectivity index (χ1n) is 7.42. The number of nitro groups is 1. The van der Waals surface area contributed by atoms with E-state index in [1.54, 1.807) is 24.3 Å². The molecule has 9 heteroatoms. The van der Waals surface area contributed by atoms with Crippen molar-refractivity contribution in [3.05, 3.63) is 63.2 Å². The van der Waals surface area contributed by atoms with Gasteiger partial charge in [0.2, 0.25) is 0 Å². The lowest BCUT2D eigenvalue weighted by Crippen LogP contribution is -2.30. The number of amides is 1. The standard InChI is InChI=1S/C17H15ClN2O5S/c1-10(16(21)19-14-5-3-4-6-15(14)20(23)24)25-17(22)12-9-11(26-2)7-8-13(12)18/h3-10H,1-2H3,(H,19,21)/t10-/m1/s1. The van der Waals surface area contributed by atoms with E-state index in [4.69, 9.17) is 16.3 Å². The van der Waals surface area contributed by atoms with E-state index >= 15 is 0 Å². The topological polar surface area (TPSA) is 98.5 Å².